The molecule has 0 radical (unpaired) electrons. The van der Waals surface area contributed by atoms with E-state index in [4.69, 9.17) is 5.73 Å². The van der Waals surface area contributed by atoms with Crippen LogP contribution in [0, 0.1) is 0 Å². The number of rotatable bonds is 3. The number of aromatic amines is 1. The van der Waals surface area contributed by atoms with Crippen LogP contribution in [0.2, 0.25) is 0 Å². The van der Waals surface area contributed by atoms with Crippen LogP contribution in [0.1, 0.15) is 19.3 Å². The summed E-state index contributed by atoms with van der Waals surface area (Å²) in [6.07, 6.45) is 11.2. The molecular formula is C14H19N5. The van der Waals surface area contributed by atoms with Crippen molar-refractivity contribution in [3.63, 3.8) is 0 Å². The summed E-state index contributed by atoms with van der Waals surface area (Å²) in [6.45, 7) is 1.67. The highest BCUT2D eigenvalue weighted by Crippen LogP contribution is 2.23. The minimum Gasteiger partial charge on any atom is -0.367 e. The van der Waals surface area contributed by atoms with Crippen molar-refractivity contribution in [2.45, 2.75) is 25.3 Å². The van der Waals surface area contributed by atoms with Crippen LogP contribution in [0.15, 0.2) is 30.9 Å². The van der Waals surface area contributed by atoms with Gasteiger partial charge in [0.25, 0.3) is 0 Å². The van der Waals surface area contributed by atoms with E-state index in [2.05, 4.69) is 19.9 Å². The minimum absolute atomic E-state index is 0.381. The summed E-state index contributed by atoms with van der Waals surface area (Å²) in [5.41, 5.74) is 7.98. The number of aromatic nitrogens is 3. The quantitative estimate of drug-likeness (QED) is 0.879. The molecule has 1 atom stereocenters. The fourth-order valence-corrected chi connectivity index (χ4v) is 2.63. The van der Waals surface area contributed by atoms with Crippen LogP contribution in [0.4, 0.5) is 5.95 Å². The lowest BCUT2D eigenvalue weighted by Crippen LogP contribution is -2.45. The molecule has 0 amide bonds. The fraction of sp³-hybridized carbons (Fsp3) is 0.429. The molecular weight excluding hydrogens is 238 g/mol. The van der Waals surface area contributed by atoms with Crippen LogP contribution in [0.3, 0.4) is 0 Å². The summed E-state index contributed by atoms with van der Waals surface area (Å²) >= 11 is 0. The van der Waals surface area contributed by atoms with E-state index in [1.54, 1.807) is 0 Å². The molecule has 1 fully saturated rings. The standard InChI is InChI=1S/C14H19N5/c15-7-13-3-1-2-6-19(13)14-17-9-12(10-18-14)11-4-5-16-8-11/h4-5,8-10,13,16H,1-3,6-7,15H2. The molecule has 0 saturated carbocycles. The van der Waals surface area contributed by atoms with E-state index in [-0.39, 0.29) is 0 Å². The Labute approximate surface area is 112 Å². The summed E-state index contributed by atoms with van der Waals surface area (Å²) in [4.78, 5) is 14.3. The van der Waals surface area contributed by atoms with Crippen LogP contribution in [-0.2, 0) is 0 Å². The van der Waals surface area contributed by atoms with Gasteiger partial charge in [0.1, 0.15) is 0 Å². The van der Waals surface area contributed by atoms with Crippen LogP contribution in [0.5, 0.6) is 0 Å². The molecule has 0 aliphatic carbocycles. The van der Waals surface area contributed by atoms with Gasteiger partial charge in [-0.2, -0.15) is 0 Å². The largest absolute Gasteiger partial charge is 0.367 e. The Kier molecular flexibility index (Phi) is 3.46. The third-order valence-electron chi connectivity index (χ3n) is 3.73. The SMILES string of the molecule is NCC1CCCCN1c1ncc(-c2cc[nH]c2)cn1. The maximum Gasteiger partial charge on any atom is 0.225 e. The monoisotopic (exact) mass is 257 g/mol. The predicted molar refractivity (Wildman–Crippen MR) is 75.9 cm³/mol. The molecule has 1 unspecified atom stereocenters. The Morgan fingerprint density at radius 2 is 2.11 bits per heavy atom. The van der Waals surface area contributed by atoms with Crippen molar-refractivity contribution in [1.29, 1.82) is 0 Å². The zero-order valence-corrected chi connectivity index (χ0v) is 10.9. The Bertz CT molecular complexity index is 505. The number of piperidine rings is 1. The predicted octanol–water partition coefficient (Wildman–Crippen LogP) is 1.79. The van der Waals surface area contributed by atoms with E-state index < -0.39 is 0 Å². The minimum atomic E-state index is 0.381. The topological polar surface area (TPSA) is 70.8 Å². The van der Waals surface area contributed by atoms with Gasteiger partial charge in [0.05, 0.1) is 0 Å². The number of nitrogens with one attached hydrogen (secondary N) is 1. The van der Waals surface area contributed by atoms with E-state index in [0.29, 0.717) is 12.6 Å². The summed E-state index contributed by atoms with van der Waals surface area (Å²) < 4.78 is 0. The number of H-pyrrole nitrogens is 1. The molecule has 1 aliphatic heterocycles. The number of nitrogens with two attached hydrogens (primary N) is 1. The van der Waals surface area contributed by atoms with Crippen molar-refractivity contribution in [3.8, 4) is 11.1 Å². The van der Waals surface area contributed by atoms with Crippen molar-refractivity contribution < 1.29 is 0 Å². The van der Waals surface area contributed by atoms with Gasteiger partial charge < -0.3 is 15.6 Å². The molecule has 19 heavy (non-hydrogen) atoms. The van der Waals surface area contributed by atoms with E-state index in [9.17, 15) is 0 Å². The van der Waals surface area contributed by atoms with Gasteiger partial charge in [0, 0.05) is 55.0 Å². The molecule has 3 heterocycles. The van der Waals surface area contributed by atoms with Gasteiger partial charge in [-0.05, 0) is 25.3 Å². The molecule has 2 aromatic heterocycles. The Hall–Kier alpha value is -1.88. The molecule has 0 bridgehead atoms. The number of anilines is 1. The Morgan fingerprint density at radius 3 is 2.79 bits per heavy atom. The first-order valence-electron chi connectivity index (χ1n) is 6.80. The second-order valence-corrected chi connectivity index (χ2v) is 4.95. The van der Waals surface area contributed by atoms with Gasteiger partial charge >= 0.3 is 0 Å². The molecule has 3 N–H and O–H groups in total. The average molecular weight is 257 g/mol. The lowest BCUT2D eigenvalue weighted by molar-refractivity contribution is 0.458. The Morgan fingerprint density at radius 1 is 1.26 bits per heavy atom. The molecule has 100 valence electrons. The van der Waals surface area contributed by atoms with Gasteiger partial charge in [0.2, 0.25) is 5.95 Å². The van der Waals surface area contributed by atoms with Crippen LogP contribution >= 0.6 is 0 Å². The van der Waals surface area contributed by atoms with Crippen LogP contribution in [-0.4, -0.2) is 34.1 Å². The van der Waals surface area contributed by atoms with Crippen molar-refractivity contribution in [2.24, 2.45) is 5.73 Å². The van der Waals surface area contributed by atoms with Crippen molar-refractivity contribution in [2.75, 3.05) is 18.0 Å². The molecule has 3 rings (SSSR count). The summed E-state index contributed by atoms with van der Waals surface area (Å²) in [7, 11) is 0. The number of hydrogen-bond acceptors (Lipinski definition) is 4. The lowest BCUT2D eigenvalue weighted by atomic mass is 10.0. The first-order chi connectivity index (χ1) is 9.38. The summed E-state index contributed by atoms with van der Waals surface area (Å²) in [5.74, 6) is 0.800. The normalized spacial score (nSPS) is 19.6. The van der Waals surface area contributed by atoms with E-state index >= 15 is 0 Å². The highest BCUT2D eigenvalue weighted by molar-refractivity contribution is 5.61. The zero-order valence-electron chi connectivity index (χ0n) is 10.9. The van der Waals surface area contributed by atoms with Gasteiger partial charge in [-0.1, -0.05) is 0 Å². The summed E-state index contributed by atoms with van der Waals surface area (Å²) in [5, 5.41) is 0. The van der Waals surface area contributed by atoms with Crippen LogP contribution in [0.25, 0.3) is 11.1 Å². The molecule has 0 aromatic carbocycles. The highest BCUT2D eigenvalue weighted by Gasteiger charge is 2.23. The molecule has 0 spiro atoms. The van der Waals surface area contributed by atoms with E-state index in [0.717, 1.165) is 30.0 Å². The molecule has 2 aromatic rings. The average Bonchev–Trinajstić information content (AvgIpc) is 3.02. The van der Waals surface area contributed by atoms with E-state index in [1.165, 1.54) is 12.8 Å². The van der Waals surface area contributed by atoms with Crippen molar-refractivity contribution in [1.82, 2.24) is 15.0 Å². The molecule has 1 saturated heterocycles. The third-order valence-corrected chi connectivity index (χ3v) is 3.73. The van der Waals surface area contributed by atoms with Gasteiger partial charge in [0.15, 0.2) is 0 Å². The zero-order chi connectivity index (χ0) is 13.1. The Balaban J connectivity index is 1.81. The molecule has 1 aliphatic rings. The van der Waals surface area contributed by atoms with Crippen LogP contribution < -0.4 is 10.6 Å². The fourth-order valence-electron chi connectivity index (χ4n) is 2.63. The number of hydrogen-bond donors (Lipinski definition) is 2. The van der Waals surface area contributed by atoms with E-state index in [1.807, 2.05) is 30.9 Å². The maximum absolute atomic E-state index is 5.84. The first kappa shape index (κ1) is 12.2. The number of nitrogens with zero attached hydrogens (tertiary/aromatic N) is 3. The smallest absolute Gasteiger partial charge is 0.225 e. The van der Waals surface area contributed by atoms with Gasteiger partial charge in [-0.3, -0.25) is 0 Å². The van der Waals surface area contributed by atoms with Crippen molar-refractivity contribution in [3.05, 3.63) is 30.9 Å². The molecule has 5 heteroatoms. The maximum atomic E-state index is 5.84. The third kappa shape index (κ3) is 2.46. The summed E-state index contributed by atoms with van der Waals surface area (Å²) in [6, 6.07) is 2.40. The second-order valence-electron chi connectivity index (χ2n) is 4.95. The highest BCUT2D eigenvalue weighted by atomic mass is 15.3. The van der Waals surface area contributed by atoms with Gasteiger partial charge in [-0.15, -0.1) is 0 Å². The first-order valence-corrected chi connectivity index (χ1v) is 6.80. The second kappa shape index (κ2) is 5.40. The van der Waals surface area contributed by atoms with Gasteiger partial charge in [-0.25, -0.2) is 9.97 Å². The molecule has 5 nitrogen and oxygen atoms in total. The lowest BCUT2D eigenvalue weighted by Gasteiger charge is -2.34. The van der Waals surface area contributed by atoms with Crippen molar-refractivity contribution >= 4 is 5.95 Å².